The van der Waals surface area contributed by atoms with Crippen LogP contribution in [0.2, 0.25) is 5.02 Å². The first-order valence-electron chi connectivity index (χ1n) is 7.21. The lowest BCUT2D eigenvalue weighted by atomic mass is 10.0. The second kappa shape index (κ2) is 6.62. The van der Waals surface area contributed by atoms with Gasteiger partial charge >= 0.3 is 5.76 Å². The van der Waals surface area contributed by atoms with Crippen LogP contribution in [0.5, 0.6) is 0 Å². The fourth-order valence-electron chi connectivity index (χ4n) is 2.67. The van der Waals surface area contributed by atoms with Gasteiger partial charge in [0.1, 0.15) is 5.82 Å². The fraction of sp³-hybridized carbons (Fsp3) is 0.467. The first-order chi connectivity index (χ1) is 10.6. The van der Waals surface area contributed by atoms with Crippen LogP contribution < -0.4 is 5.76 Å². The van der Waals surface area contributed by atoms with Crippen LogP contribution >= 0.6 is 11.6 Å². The van der Waals surface area contributed by atoms with Crippen molar-refractivity contribution < 1.29 is 13.7 Å². The molecule has 0 N–H and O–H groups in total. The molecule has 1 saturated heterocycles. The summed E-state index contributed by atoms with van der Waals surface area (Å²) in [5, 5.41) is 4.08. The van der Waals surface area contributed by atoms with E-state index in [1.165, 1.54) is 16.7 Å². The molecule has 0 amide bonds. The van der Waals surface area contributed by atoms with E-state index in [0.29, 0.717) is 29.6 Å². The van der Waals surface area contributed by atoms with E-state index in [0.717, 1.165) is 19.4 Å². The number of aromatic nitrogens is 2. The molecule has 2 aromatic rings. The average Bonchev–Trinajstić information content (AvgIpc) is 2.85. The van der Waals surface area contributed by atoms with Crippen molar-refractivity contribution in [2.45, 2.75) is 25.8 Å². The van der Waals surface area contributed by atoms with E-state index >= 15 is 0 Å². The molecule has 0 bridgehead atoms. The van der Waals surface area contributed by atoms with Gasteiger partial charge < -0.3 is 4.74 Å². The number of hydrogen-bond acceptors (Lipinski definition) is 4. The second-order valence-electron chi connectivity index (χ2n) is 5.44. The number of rotatable bonds is 4. The maximum Gasteiger partial charge on any atom is 0.441 e. The molecule has 0 radical (unpaired) electrons. The van der Waals surface area contributed by atoms with E-state index in [1.54, 1.807) is 6.07 Å². The highest BCUT2D eigenvalue weighted by Crippen LogP contribution is 2.22. The Labute approximate surface area is 131 Å². The van der Waals surface area contributed by atoms with Crippen molar-refractivity contribution in [2.75, 3.05) is 13.2 Å². The molecule has 0 saturated carbocycles. The molecule has 1 aliphatic rings. The summed E-state index contributed by atoms with van der Waals surface area (Å²) in [5.41, 5.74) is 0.311. The Hall–Kier alpha value is -1.66. The Kier molecular flexibility index (Phi) is 4.59. The minimum absolute atomic E-state index is 0.116. The zero-order valence-electron chi connectivity index (χ0n) is 11.9. The summed E-state index contributed by atoms with van der Waals surface area (Å²) < 4.78 is 25.5. The van der Waals surface area contributed by atoms with Crippen LogP contribution in [0, 0.1) is 11.7 Å². The third-order valence-corrected chi connectivity index (χ3v) is 4.21. The summed E-state index contributed by atoms with van der Waals surface area (Å²) in [5.74, 6) is -0.341. The standard InChI is InChI=1S/C15H16ClFN2O3/c16-12-4-1-5-13(17)11(12)7-14-18-22-15(20)19(14)8-10-3-2-6-21-9-10/h1,4-5,10H,2-3,6-9H2. The van der Waals surface area contributed by atoms with Crippen LogP contribution in [0.15, 0.2) is 27.5 Å². The van der Waals surface area contributed by atoms with Crippen molar-refractivity contribution in [2.24, 2.45) is 5.92 Å². The van der Waals surface area contributed by atoms with Crippen molar-refractivity contribution in [1.82, 2.24) is 9.72 Å². The predicted molar refractivity (Wildman–Crippen MR) is 78.5 cm³/mol. The monoisotopic (exact) mass is 326 g/mol. The predicted octanol–water partition coefficient (Wildman–Crippen LogP) is 2.65. The number of hydrogen-bond donors (Lipinski definition) is 0. The van der Waals surface area contributed by atoms with Crippen molar-refractivity contribution in [1.29, 1.82) is 0 Å². The summed E-state index contributed by atoms with van der Waals surface area (Å²) in [6, 6.07) is 4.48. The van der Waals surface area contributed by atoms with Gasteiger partial charge in [-0.1, -0.05) is 22.8 Å². The molecule has 5 nitrogen and oxygen atoms in total. The van der Waals surface area contributed by atoms with Crippen LogP contribution in [-0.2, 0) is 17.7 Å². The largest absolute Gasteiger partial charge is 0.441 e. The van der Waals surface area contributed by atoms with Crippen LogP contribution in [0.4, 0.5) is 4.39 Å². The van der Waals surface area contributed by atoms with E-state index in [-0.39, 0.29) is 12.3 Å². The van der Waals surface area contributed by atoms with E-state index in [1.807, 2.05) is 0 Å². The first kappa shape index (κ1) is 15.2. The van der Waals surface area contributed by atoms with Crippen LogP contribution in [0.3, 0.4) is 0 Å². The highest BCUT2D eigenvalue weighted by atomic mass is 35.5. The molecule has 1 fully saturated rings. The van der Waals surface area contributed by atoms with Gasteiger partial charge in [0, 0.05) is 36.1 Å². The minimum atomic E-state index is -0.534. The summed E-state index contributed by atoms with van der Waals surface area (Å²) in [6.45, 7) is 1.83. The molecule has 118 valence electrons. The van der Waals surface area contributed by atoms with Gasteiger partial charge in [-0.25, -0.2) is 9.18 Å². The highest BCUT2D eigenvalue weighted by Gasteiger charge is 2.20. The number of benzene rings is 1. The molecular formula is C15H16ClFN2O3. The zero-order chi connectivity index (χ0) is 15.5. The Bertz CT molecular complexity index is 687. The van der Waals surface area contributed by atoms with E-state index in [2.05, 4.69) is 5.16 Å². The SMILES string of the molecule is O=c1onc(Cc2c(F)cccc2Cl)n1CC1CCCOC1. The van der Waals surface area contributed by atoms with E-state index in [9.17, 15) is 9.18 Å². The van der Waals surface area contributed by atoms with E-state index in [4.69, 9.17) is 20.9 Å². The maximum absolute atomic E-state index is 13.9. The molecule has 1 atom stereocenters. The molecular weight excluding hydrogens is 311 g/mol. The Morgan fingerprint density at radius 3 is 3.05 bits per heavy atom. The molecule has 7 heteroatoms. The number of halogens is 2. The first-order valence-corrected chi connectivity index (χ1v) is 7.59. The molecule has 1 aromatic heterocycles. The molecule has 0 aliphatic carbocycles. The maximum atomic E-state index is 13.9. The Morgan fingerprint density at radius 2 is 2.32 bits per heavy atom. The Morgan fingerprint density at radius 1 is 1.45 bits per heavy atom. The third kappa shape index (κ3) is 3.23. The molecule has 2 heterocycles. The summed E-state index contributed by atoms with van der Waals surface area (Å²) in [4.78, 5) is 11.8. The lowest BCUT2D eigenvalue weighted by Crippen LogP contribution is -2.27. The molecule has 1 unspecified atom stereocenters. The lowest BCUT2D eigenvalue weighted by molar-refractivity contribution is 0.0474. The Balaban J connectivity index is 1.84. The van der Waals surface area contributed by atoms with Crippen molar-refractivity contribution >= 4 is 11.6 Å². The highest BCUT2D eigenvalue weighted by molar-refractivity contribution is 6.31. The zero-order valence-corrected chi connectivity index (χ0v) is 12.7. The molecule has 22 heavy (non-hydrogen) atoms. The van der Waals surface area contributed by atoms with Crippen LogP contribution in [0.1, 0.15) is 24.2 Å². The summed E-state index contributed by atoms with van der Waals surface area (Å²) in [7, 11) is 0. The summed E-state index contributed by atoms with van der Waals surface area (Å²) in [6.07, 6.45) is 2.07. The topological polar surface area (TPSA) is 57.3 Å². The molecule has 1 aliphatic heterocycles. The number of nitrogens with zero attached hydrogens (tertiary/aromatic N) is 2. The van der Waals surface area contributed by atoms with Gasteiger partial charge in [-0.15, -0.1) is 0 Å². The molecule has 3 rings (SSSR count). The second-order valence-corrected chi connectivity index (χ2v) is 5.84. The minimum Gasteiger partial charge on any atom is -0.381 e. The van der Waals surface area contributed by atoms with Crippen molar-refractivity contribution in [3.8, 4) is 0 Å². The smallest absolute Gasteiger partial charge is 0.381 e. The third-order valence-electron chi connectivity index (χ3n) is 3.85. The van der Waals surface area contributed by atoms with Crippen molar-refractivity contribution in [3.63, 3.8) is 0 Å². The van der Waals surface area contributed by atoms with Crippen molar-refractivity contribution in [3.05, 3.63) is 51.0 Å². The molecule has 0 spiro atoms. The van der Waals surface area contributed by atoms with Gasteiger partial charge in [-0.3, -0.25) is 9.09 Å². The average molecular weight is 327 g/mol. The fourth-order valence-corrected chi connectivity index (χ4v) is 2.90. The van der Waals surface area contributed by atoms with Crippen LogP contribution in [0.25, 0.3) is 0 Å². The van der Waals surface area contributed by atoms with Gasteiger partial charge in [0.2, 0.25) is 0 Å². The van der Waals surface area contributed by atoms with Gasteiger partial charge in [0.05, 0.1) is 6.61 Å². The van der Waals surface area contributed by atoms with Crippen LogP contribution in [-0.4, -0.2) is 22.9 Å². The van der Waals surface area contributed by atoms with Gasteiger partial charge in [0.15, 0.2) is 5.82 Å². The van der Waals surface area contributed by atoms with E-state index < -0.39 is 11.6 Å². The summed E-state index contributed by atoms with van der Waals surface area (Å²) >= 11 is 6.02. The lowest BCUT2D eigenvalue weighted by Gasteiger charge is -2.22. The quantitative estimate of drug-likeness (QED) is 0.866. The van der Waals surface area contributed by atoms with Gasteiger partial charge in [-0.05, 0) is 25.0 Å². The molecule has 1 aromatic carbocycles. The normalized spacial score (nSPS) is 18.5. The number of ether oxygens (including phenoxy) is 1. The van der Waals surface area contributed by atoms with Gasteiger partial charge in [0.25, 0.3) is 0 Å². The van der Waals surface area contributed by atoms with Gasteiger partial charge in [-0.2, -0.15) is 0 Å².